The number of carbonyl (C=O) groups excluding carboxylic acids is 2. The maximum Gasteiger partial charge on any atom is 0.251 e. The summed E-state index contributed by atoms with van der Waals surface area (Å²) in [7, 11) is 0. The Morgan fingerprint density at radius 1 is 1.00 bits per heavy atom. The van der Waals surface area contributed by atoms with E-state index in [2.05, 4.69) is 20.9 Å². The second-order valence-corrected chi connectivity index (χ2v) is 8.68. The molecule has 0 aliphatic carbocycles. The molecule has 12 heteroatoms. The molecule has 0 saturated carbocycles. The van der Waals surface area contributed by atoms with Crippen LogP contribution in [0.3, 0.4) is 0 Å². The number of phenolic OH excluding ortho intramolecular Hbond substituents is 1. The molecule has 2 aromatic heterocycles. The number of anilines is 2. The Hall–Kier alpha value is -4.87. The number of aromatic nitrogens is 2. The Kier molecular flexibility index (Phi) is 7.20. The Balaban J connectivity index is 1.12. The van der Waals surface area contributed by atoms with Crippen molar-refractivity contribution in [2.24, 2.45) is 0 Å². The Labute approximate surface area is 216 Å². The predicted molar refractivity (Wildman–Crippen MR) is 135 cm³/mol. The van der Waals surface area contributed by atoms with Crippen LogP contribution in [0.5, 0.6) is 5.75 Å². The fourth-order valence-electron chi connectivity index (χ4n) is 4.12. The number of nitrogens with zero attached hydrogens (tertiary/aromatic N) is 4. The summed E-state index contributed by atoms with van der Waals surface area (Å²) in [5, 5.41) is 22.7. The van der Waals surface area contributed by atoms with Crippen LogP contribution in [0.1, 0.15) is 16.1 Å². The first-order valence-corrected chi connectivity index (χ1v) is 12.0. The number of halogens is 1. The highest BCUT2D eigenvalue weighted by molar-refractivity contribution is 5.96. The molecule has 196 valence electrons. The third-order valence-electron chi connectivity index (χ3n) is 6.19. The van der Waals surface area contributed by atoms with Crippen LogP contribution in [0.2, 0.25) is 0 Å². The number of aromatic hydroxyl groups is 1. The molecule has 0 atom stereocenters. The van der Waals surface area contributed by atoms with Crippen LogP contribution < -0.4 is 15.5 Å². The van der Waals surface area contributed by atoms with E-state index in [0.717, 1.165) is 0 Å². The topological polar surface area (TPSA) is 137 Å². The third-order valence-corrected chi connectivity index (χ3v) is 6.19. The van der Waals surface area contributed by atoms with Crippen molar-refractivity contribution in [2.75, 3.05) is 42.9 Å². The number of rotatable bonds is 8. The Morgan fingerprint density at radius 3 is 2.50 bits per heavy atom. The minimum absolute atomic E-state index is 0.0571. The molecule has 1 saturated heterocycles. The van der Waals surface area contributed by atoms with Gasteiger partial charge in [-0.1, -0.05) is 16.4 Å². The van der Waals surface area contributed by atoms with E-state index in [1.807, 2.05) is 4.90 Å². The summed E-state index contributed by atoms with van der Waals surface area (Å²) in [6, 6.07) is 14.1. The highest BCUT2D eigenvalue weighted by Gasteiger charge is 2.23. The lowest BCUT2D eigenvalue weighted by Gasteiger charge is -2.36. The number of amides is 2. The zero-order valence-corrected chi connectivity index (χ0v) is 20.3. The van der Waals surface area contributed by atoms with Crippen LogP contribution in [0.25, 0.3) is 11.3 Å². The van der Waals surface area contributed by atoms with Gasteiger partial charge in [0, 0.05) is 49.4 Å². The van der Waals surface area contributed by atoms with E-state index in [1.165, 1.54) is 36.6 Å². The van der Waals surface area contributed by atoms with E-state index < -0.39 is 11.7 Å². The van der Waals surface area contributed by atoms with Crippen molar-refractivity contribution in [3.8, 4) is 17.0 Å². The molecule has 4 aromatic rings. The molecular weight excluding hydrogens is 495 g/mol. The highest BCUT2D eigenvalue weighted by atomic mass is 19.1. The first-order valence-electron chi connectivity index (χ1n) is 12.0. The number of benzene rings is 2. The first kappa shape index (κ1) is 24.8. The van der Waals surface area contributed by atoms with Gasteiger partial charge in [0.25, 0.3) is 5.91 Å². The van der Waals surface area contributed by atoms with Crippen LogP contribution in [-0.2, 0) is 11.3 Å². The number of nitrogens with one attached hydrogen (secondary N) is 2. The average molecular weight is 521 g/mol. The summed E-state index contributed by atoms with van der Waals surface area (Å²) in [6.45, 7) is 1.92. The number of hydrogen-bond donors (Lipinski definition) is 3. The summed E-state index contributed by atoms with van der Waals surface area (Å²) in [5.41, 5.74) is 1.89. The smallest absolute Gasteiger partial charge is 0.251 e. The lowest BCUT2D eigenvalue weighted by Crippen LogP contribution is -2.51. The fraction of sp³-hybridized carbons (Fsp3) is 0.231. The predicted octanol–water partition coefficient (Wildman–Crippen LogP) is 2.87. The maximum absolute atomic E-state index is 15.0. The quantitative estimate of drug-likeness (QED) is 0.320. The van der Waals surface area contributed by atoms with Gasteiger partial charge in [-0.15, -0.1) is 0 Å². The monoisotopic (exact) mass is 520 g/mol. The van der Waals surface area contributed by atoms with Gasteiger partial charge in [-0.3, -0.25) is 9.59 Å². The minimum atomic E-state index is -0.399. The first-order chi connectivity index (χ1) is 18.5. The molecule has 1 aliphatic heterocycles. The summed E-state index contributed by atoms with van der Waals surface area (Å²) >= 11 is 0. The highest BCUT2D eigenvalue weighted by Crippen LogP contribution is 2.27. The average Bonchev–Trinajstić information content (AvgIpc) is 3.63. The fourth-order valence-corrected chi connectivity index (χ4v) is 4.12. The van der Waals surface area contributed by atoms with E-state index >= 15 is 4.39 Å². The molecule has 0 unspecified atom stereocenters. The summed E-state index contributed by atoms with van der Waals surface area (Å²) in [6.07, 6.45) is 1.46. The van der Waals surface area contributed by atoms with Crippen LogP contribution in [0.4, 0.5) is 15.9 Å². The molecule has 0 radical (unpaired) electrons. The van der Waals surface area contributed by atoms with E-state index in [1.54, 1.807) is 29.2 Å². The van der Waals surface area contributed by atoms with Crippen molar-refractivity contribution >= 4 is 23.3 Å². The number of hydrogen-bond acceptors (Lipinski definition) is 9. The van der Waals surface area contributed by atoms with Crippen molar-refractivity contribution < 1.29 is 28.1 Å². The van der Waals surface area contributed by atoms with Gasteiger partial charge >= 0.3 is 0 Å². The van der Waals surface area contributed by atoms with Crippen LogP contribution in [-0.4, -0.2) is 64.9 Å². The maximum atomic E-state index is 15.0. The molecule has 2 aromatic carbocycles. The van der Waals surface area contributed by atoms with Gasteiger partial charge in [0.05, 0.1) is 18.8 Å². The molecule has 1 fully saturated rings. The molecule has 1 aliphatic rings. The third kappa shape index (κ3) is 5.75. The van der Waals surface area contributed by atoms with Crippen molar-refractivity contribution in [1.82, 2.24) is 20.5 Å². The normalized spacial score (nSPS) is 13.4. The van der Waals surface area contributed by atoms with Crippen LogP contribution in [0, 0.1) is 5.82 Å². The van der Waals surface area contributed by atoms with Gasteiger partial charge in [0.1, 0.15) is 23.5 Å². The van der Waals surface area contributed by atoms with Gasteiger partial charge < -0.3 is 34.6 Å². The number of piperazine rings is 1. The molecule has 3 N–H and O–H groups in total. The second-order valence-electron chi connectivity index (χ2n) is 8.68. The number of phenols is 1. The zero-order chi connectivity index (χ0) is 26.5. The van der Waals surface area contributed by atoms with E-state index in [4.69, 9.17) is 9.05 Å². The minimum Gasteiger partial charge on any atom is -0.508 e. The van der Waals surface area contributed by atoms with Gasteiger partial charge in [-0.25, -0.2) is 4.39 Å². The molecule has 3 heterocycles. The molecule has 0 bridgehead atoms. The van der Waals surface area contributed by atoms with Crippen molar-refractivity contribution in [2.45, 2.75) is 6.54 Å². The van der Waals surface area contributed by atoms with E-state index in [9.17, 15) is 14.7 Å². The molecule has 38 heavy (non-hydrogen) atoms. The summed E-state index contributed by atoms with van der Waals surface area (Å²) in [5.74, 6) is 0.180. The van der Waals surface area contributed by atoms with Gasteiger partial charge in [0.2, 0.25) is 5.91 Å². The van der Waals surface area contributed by atoms with E-state index in [-0.39, 0.29) is 18.2 Å². The lowest BCUT2D eigenvalue weighted by molar-refractivity contribution is -0.130. The van der Waals surface area contributed by atoms with E-state index in [0.29, 0.717) is 66.8 Å². The SMILES string of the molecule is O=C(NCC(=O)N1CCN(c2ccc(-c3cc(CNc4ccon4)on3)cc2F)CC1)c1ccc(O)cc1. The number of carbonyl (C=O) groups is 2. The largest absolute Gasteiger partial charge is 0.508 e. The van der Waals surface area contributed by atoms with Gasteiger partial charge in [-0.2, -0.15) is 0 Å². The lowest BCUT2D eigenvalue weighted by atomic mass is 10.1. The molecule has 0 spiro atoms. The molecule has 2 amide bonds. The van der Waals surface area contributed by atoms with Crippen LogP contribution >= 0.6 is 0 Å². The summed E-state index contributed by atoms with van der Waals surface area (Å²) in [4.78, 5) is 28.3. The Morgan fingerprint density at radius 2 is 1.79 bits per heavy atom. The standard InChI is InChI=1S/C26H25FN6O5/c27-21-13-18(22-14-20(38-30-22)15-28-24-7-12-37-31-24)3-6-23(21)32-8-10-33(11-9-32)25(35)16-29-26(36)17-1-4-19(34)5-2-17/h1-7,12-14,34H,8-11,15-16H2,(H,28,31)(H,29,36). The molecular formula is C26H25FN6O5. The molecule has 5 rings (SSSR count). The summed E-state index contributed by atoms with van der Waals surface area (Å²) < 4.78 is 25.1. The van der Waals surface area contributed by atoms with Crippen molar-refractivity contribution in [3.05, 3.63) is 78.0 Å². The zero-order valence-electron chi connectivity index (χ0n) is 20.3. The van der Waals surface area contributed by atoms with Gasteiger partial charge in [-0.05, 0) is 36.4 Å². The van der Waals surface area contributed by atoms with Crippen molar-refractivity contribution in [1.29, 1.82) is 0 Å². The van der Waals surface area contributed by atoms with Crippen LogP contribution in [0.15, 0.2) is 69.9 Å². The second kappa shape index (κ2) is 11.0. The Bertz CT molecular complexity index is 1400. The molecule has 11 nitrogen and oxygen atoms in total. The van der Waals surface area contributed by atoms with Crippen molar-refractivity contribution in [3.63, 3.8) is 0 Å². The van der Waals surface area contributed by atoms with Gasteiger partial charge in [0.15, 0.2) is 11.6 Å².